The average molecular weight is 354 g/mol. The Bertz CT molecular complexity index is 432. The molecule has 144 valence electrons. The smallest absolute Gasteiger partial charge is 0.303 e. The first kappa shape index (κ1) is 21.8. The molecule has 3 N–H and O–H groups in total. The molecule has 0 bridgehead atoms. The Morgan fingerprint density at radius 3 is 2.64 bits per heavy atom. The molecular formula is C20H34O5. The van der Waals surface area contributed by atoms with E-state index in [9.17, 15) is 19.8 Å². The molecule has 1 fully saturated rings. The SMILES string of the molecule is CCC[C@H](O)CCC=C[C@H]1[C@H](O)CC(=O)[C@@H]1CCCCCCC(=O)O. The van der Waals surface area contributed by atoms with Crippen LogP contribution in [0.5, 0.6) is 0 Å². The van der Waals surface area contributed by atoms with Crippen LogP contribution in [0.15, 0.2) is 12.2 Å². The van der Waals surface area contributed by atoms with Crippen LogP contribution in [0.25, 0.3) is 0 Å². The van der Waals surface area contributed by atoms with Crippen molar-refractivity contribution in [3.05, 3.63) is 12.2 Å². The highest BCUT2D eigenvalue weighted by Crippen LogP contribution is 2.34. The second kappa shape index (κ2) is 12.2. The Balaban J connectivity index is 2.34. The molecule has 1 aliphatic carbocycles. The molecule has 0 heterocycles. The molecule has 0 unspecified atom stereocenters. The van der Waals surface area contributed by atoms with Crippen molar-refractivity contribution in [1.82, 2.24) is 0 Å². The van der Waals surface area contributed by atoms with Crippen LogP contribution in [0, 0.1) is 11.8 Å². The summed E-state index contributed by atoms with van der Waals surface area (Å²) in [7, 11) is 0. The second-order valence-electron chi connectivity index (χ2n) is 7.22. The predicted molar refractivity (Wildman–Crippen MR) is 97.2 cm³/mol. The summed E-state index contributed by atoms with van der Waals surface area (Å²) in [6.07, 6.45) is 10.9. The van der Waals surface area contributed by atoms with Crippen LogP contribution >= 0.6 is 0 Å². The maximum atomic E-state index is 12.1. The number of unbranched alkanes of at least 4 members (excludes halogenated alkanes) is 3. The highest BCUT2D eigenvalue weighted by molar-refractivity contribution is 5.84. The van der Waals surface area contributed by atoms with Crippen molar-refractivity contribution in [3.63, 3.8) is 0 Å². The van der Waals surface area contributed by atoms with Crippen LogP contribution in [-0.2, 0) is 9.59 Å². The summed E-state index contributed by atoms with van der Waals surface area (Å²) >= 11 is 0. The van der Waals surface area contributed by atoms with Crippen LogP contribution < -0.4 is 0 Å². The number of carboxylic acid groups (broad SMARTS) is 1. The quantitative estimate of drug-likeness (QED) is 0.348. The molecule has 0 aromatic rings. The summed E-state index contributed by atoms with van der Waals surface area (Å²) < 4.78 is 0. The first-order chi connectivity index (χ1) is 12.0. The number of carbonyl (C=O) groups is 2. The topological polar surface area (TPSA) is 94.8 Å². The van der Waals surface area contributed by atoms with Gasteiger partial charge in [0.1, 0.15) is 5.78 Å². The van der Waals surface area contributed by atoms with Gasteiger partial charge in [0.2, 0.25) is 0 Å². The molecule has 1 rings (SSSR count). The Kier molecular flexibility index (Phi) is 10.7. The fourth-order valence-corrected chi connectivity index (χ4v) is 3.61. The third-order valence-corrected chi connectivity index (χ3v) is 5.04. The van der Waals surface area contributed by atoms with E-state index >= 15 is 0 Å². The molecule has 0 saturated heterocycles. The van der Waals surface area contributed by atoms with E-state index in [1.54, 1.807) is 0 Å². The van der Waals surface area contributed by atoms with Gasteiger partial charge in [-0.3, -0.25) is 9.59 Å². The number of ketones is 1. The number of rotatable bonds is 13. The van der Waals surface area contributed by atoms with E-state index in [1.807, 2.05) is 19.1 Å². The summed E-state index contributed by atoms with van der Waals surface area (Å²) in [4.78, 5) is 22.6. The van der Waals surface area contributed by atoms with Gasteiger partial charge in [-0.25, -0.2) is 0 Å². The minimum Gasteiger partial charge on any atom is -0.481 e. The first-order valence-corrected chi connectivity index (χ1v) is 9.73. The maximum Gasteiger partial charge on any atom is 0.303 e. The number of hydrogen-bond acceptors (Lipinski definition) is 4. The number of hydrogen-bond donors (Lipinski definition) is 3. The molecule has 5 heteroatoms. The summed E-state index contributed by atoms with van der Waals surface area (Å²) in [5, 5.41) is 28.5. The standard InChI is InChI=1S/C20H34O5/c1-2-9-15(21)10-7-8-12-17-16(18(22)14-19(17)23)11-5-3-4-6-13-20(24)25/h8,12,15-17,19,21,23H,2-7,9-11,13-14H2,1H3,(H,24,25)/t15-,16+,17+,19+/m0/s1. The van der Waals surface area contributed by atoms with E-state index in [1.165, 1.54) is 0 Å². The Hall–Kier alpha value is -1.20. The van der Waals surface area contributed by atoms with Crippen LogP contribution in [-0.4, -0.2) is 39.3 Å². The van der Waals surface area contributed by atoms with E-state index in [4.69, 9.17) is 5.11 Å². The summed E-state index contributed by atoms with van der Waals surface area (Å²) in [6.45, 7) is 2.05. The van der Waals surface area contributed by atoms with E-state index in [0.717, 1.165) is 51.4 Å². The van der Waals surface area contributed by atoms with Crippen LogP contribution in [0.2, 0.25) is 0 Å². The second-order valence-corrected chi connectivity index (χ2v) is 7.22. The molecule has 25 heavy (non-hydrogen) atoms. The van der Waals surface area contributed by atoms with Crippen LogP contribution in [0.3, 0.4) is 0 Å². The minimum atomic E-state index is -0.761. The molecule has 1 aliphatic rings. The van der Waals surface area contributed by atoms with Gasteiger partial charge in [0, 0.05) is 24.7 Å². The lowest BCUT2D eigenvalue weighted by atomic mass is 9.88. The highest BCUT2D eigenvalue weighted by Gasteiger charge is 2.39. The summed E-state index contributed by atoms with van der Waals surface area (Å²) in [5.74, 6) is -0.858. The molecule has 0 spiro atoms. The Morgan fingerprint density at radius 1 is 1.24 bits per heavy atom. The normalized spacial score (nSPS) is 24.9. The van der Waals surface area contributed by atoms with Crippen molar-refractivity contribution in [2.75, 3.05) is 0 Å². The van der Waals surface area contributed by atoms with Crippen LogP contribution in [0.4, 0.5) is 0 Å². The fraction of sp³-hybridized carbons (Fsp3) is 0.800. The van der Waals surface area contributed by atoms with E-state index in [0.29, 0.717) is 6.42 Å². The number of Topliss-reactive ketones (excluding diaryl/α,β-unsaturated/α-hetero) is 1. The van der Waals surface area contributed by atoms with Gasteiger partial charge < -0.3 is 15.3 Å². The zero-order chi connectivity index (χ0) is 18.7. The van der Waals surface area contributed by atoms with Crippen molar-refractivity contribution < 1.29 is 24.9 Å². The molecule has 0 aliphatic heterocycles. The molecule has 1 saturated carbocycles. The third-order valence-electron chi connectivity index (χ3n) is 5.04. The van der Waals surface area contributed by atoms with Gasteiger partial charge in [-0.15, -0.1) is 0 Å². The Morgan fingerprint density at radius 2 is 1.96 bits per heavy atom. The van der Waals surface area contributed by atoms with Crippen molar-refractivity contribution in [3.8, 4) is 0 Å². The van der Waals surface area contributed by atoms with Gasteiger partial charge >= 0.3 is 5.97 Å². The van der Waals surface area contributed by atoms with Crippen molar-refractivity contribution in [1.29, 1.82) is 0 Å². The van der Waals surface area contributed by atoms with Gasteiger partial charge in [0.25, 0.3) is 0 Å². The average Bonchev–Trinajstić information content (AvgIpc) is 2.81. The molecule has 5 nitrogen and oxygen atoms in total. The van der Waals surface area contributed by atoms with Crippen molar-refractivity contribution in [2.24, 2.45) is 11.8 Å². The minimum absolute atomic E-state index is 0.116. The van der Waals surface area contributed by atoms with Gasteiger partial charge in [-0.1, -0.05) is 44.8 Å². The highest BCUT2D eigenvalue weighted by atomic mass is 16.4. The van der Waals surface area contributed by atoms with Gasteiger partial charge in [0.05, 0.1) is 12.2 Å². The number of aliphatic carboxylic acids is 1. The molecule has 4 atom stereocenters. The number of allylic oxidation sites excluding steroid dienone is 1. The third kappa shape index (κ3) is 8.63. The number of carbonyl (C=O) groups excluding carboxylic acids is 1. The molecule has 0 radical (unpaired) electrons. The monoisotopic (exact) mass is 354 g/mol. The summed E-state index contributed by atoms with van der Waals surface area (Å²) in [5.41, 5.74) is 0. The largest absolute Gasteiger partial charge is 0.481 e. The summed E-state index contributed by atoms with van der Waals surface area (Å²) in [6, 6.07) is 0. The van der Waals surface area contributed by atoms with E-state index in [-0.39, 0.29) is 36.6 Å². The molecule has 0 aromatic carbocycles. The van der Waals surface area contributed by atoms with E-state index in [2.05, 4.69) is 0 Å². The van der Waals surface area contributed by atoms with Crippen LogP contribution in [0.1, 0.15) is 77.6 Å². The lowest BCUT2D eigenvalue weighted by molar-refractivity contribution is -0.137. The first-order valence-electron chi connectivity index (χ1n) is 9.73. The maximum absolute atomic E-state index is 12.1. The Labute approximate surface area is 151 Å². The number of aliphatic hydroxyl groups excluding tert-OH is 2. The zero-order valence-electron chi connectivity index (χ0n) is 15.4. The van der Waals surface area contributed by atoms with E-state index < -0.39 is 12.1 Å². The number of carboxylic acids is 1. The lowest BCUT2D eigenvalue weighted by Crippen LogP contribution is -2.18. The van der Waals surface area contributed by atoms with Crippen molar-refractivity contribution in [2.45, 2.75) is 89.8 Å². The van der Waals surface area contributed by atoms with Gasteiger partial charge in [-0.05, 0) is 32.1 Å². The lowest BCUT2D eigenvalue weighted by Gasteiger charge is -2.17. The number of aliphatic hydroxyl groups is 2. The van der Waals surface area contributed by atoms with Gasteiger partial charge in [-0.2, -0.15) is 0 Å². The molecule has 0 aromatic heterocycles. The fourth-order valence-electron chi connectivity index (χ4n) is 3.61. The van der Waals surface area contributed by atoms with Gasteiger partial charge in [0.15, 0.2) is 0 Å². The van der Waals surface area contributed by atoms with Crippen molar-refractivity contribution >= 4 is 11.8 Å². The molecular weight excluding hydrogens is 320 g/mol. The molecule has 0 amide bonds. The predicted octanol–water partition coefficient (Wildman–Crippen LogP) is 3.48. The zero-order valence-corrected chi connectivity index (χ0v) is 15.4.